The first-order valence-corrected chi connectivity index (χ1v) is 8.78. The molecule has 0 saturated carbocycles. The summed E-state index contributed by atoms with van der Waals surface area (Å²) in [7, 11) is 0. The SMILES string of the molecule is Cc1c(-c2ccnc(Nc3cccc([N+](=O)[O-])c3)n2)c(C)n2c1C(=O)NCC2. The van der Waals surface area contributed by atoms with E-state index >= 15 is 0 Å². The Labute approximate surface area is 160 Å². The van der Waals surface area contributed by atoms with Crippen molar-refractivity contribution >= 4 is 23.2 Å². The summed E-state index contributed by atoms with van der Waals surface area (Å²) in [6, 6.07) is 7.94. The number of hydrogen-bond donors (Lipinski definition) is 2. The van der Waals surface area contributed by atoms with Gasteiger partial charge in [0.1, 0.15) is 5.69 Å². The molecule has 2 aromatic heterocycles. The second-order valence-electron chi connectivity index (χ2n) is 6.54. The molecule has 0 saturated heterocycles. The summed E-state index contributed by atoms with van der Waals surface area (Å²) in [5.41, 5.74) is 4.60. The quantitative estimate of drug-likeness (QED) is 0.533. The fraction of sp³-hybridized carbons (Fsp3) is 0.211. The van der Waals surface area contributed by atoms with Gasteiger partial charge in [0.05, 0.1) is 10.6 Å². The maximum Gasteiger partial charge on any atom is 0.271 e. The van der Waals surface area contributed by atoms with Crippen LogP contribution in [0.2, 0.25) is 0 Å². The molecule has 0 spiro atoms. The van der Waals surface area contributed by atoms with E-state index in [2.05, 4.69) is 20.6 Å². The van der Waals surface area contributed by atoms with Gasteiger partial charge in [0.2, 0.25) is 5.95 Å². The molecule has 2 N–H and O–H groups in total. The first-order valence-electron chi connectivity index (χ1n) is 8.78. The Morgan fingerprint density at radius 1 is 1.29 bits per heavy atom. The zero-order valence-corrected chi connectivity index (χ0v) is 15.4. The van der Waals surface area contributed by atoms with Crippen LogP contribution >= 0.6 is 0 Å². The number of aromatic nitrogens is 3. The van der Waals surface area contributed by atoms with Crippen LogP contribution in [-0.4, -0.2) is 31.9 Å². The average Bonchev–Trinajstić information content (AvgIpc) is 2.94. The molecule has 1 aromatic carbocycles. The lowest BCUT2D eigenvalue weighted by molar-refractivity contribution is -0.384. The number of non-ortho nitro benzene ring substituents is 1. The van der Waals surface area contributed by atoms with Crippen molar-refractivity contribution in [1.29, 1.82) is 0 Å². The molecule has 3 heterocycles. The van der Waals surface area contributed by atoms with E-state index in [1.54, 1.807) is 24.4 Å². The average molecular weight is 378 g/mol. The molecule has 9 heteroatoms. The molecule has 1 aliphatic rings. The van der Waals surface area contributed by atoms with Crippen molar-refractivity contribution < 1.29 is 9.72 Å². The van der Waals surface area contributed by atoms with Gasteiger partial charge in [-0.2, -0.15) is 0 Å². The smallest absolute Gasteiger partial charge is 0.271 e. The minimum absolute atomic E-state index is 0.0148. The van der Waals surface area contributed by atoms with Crippen LogP contribution in [-0.2, 0) is 6.54 Å². The van der Waals surface area contributed by atoms with Gasteiger partial charge >= 0.3 is 0 Å². The monoisotopic (exact) mass is 378 g/mol. The van der Waals surface area contributed by atoms with Crippen LogP contribution in [0.1, 0.15) is 21.7 Å². The minimum atomic E-state index is -0.452. The Bertz CT molecular complexity index is 1110. The number of benzene rings is 1. The molecule has 3 aromatic rings. The van der Waals surface area contributed by atoms with E-state index in [9.17, 15) is 14.9 Å². The molecular formula is C19H18N6O3. The van der Waals surface area contributed by atoms with Crippen LogP contribution in [0.3, 0.4) is 0 Å². The highest BCUT2D eigenvalue weighted by Gasteiger charge is 2.26. The van der Waals surface area contributed by atoms with E-state index in [0.29, 0.717) is 29.6 Å². The maximum atomic E-state index is 12.3. The largest absolute Gasteiger partial charge is 0.349 e. The number of fused-ring (bicyclic) bond motifs is 1. The highest BCUT2D eigenvalue weighted by atomic mass is 16.6. The van der Waals surface area contributed by atoms with Gasteiger partial charge in [-0.05, 0) is 31.5 Å². The number of nitro benzene ring substituents is 1. The van der Waals surface area contributed by atoms with Crippen molar-refractivity contribution in [3.8, 4) is 11.3 Å². The predicted octanol–water partition coefficient (Wildman–Crippen LogP) is 2.96. The van der Waals surface area contributed by atoms with Gasteiger partial charge in [-0.25, -0.2) is 9.97 Å². The molecule has 4 rings (SSSR count). The maximum absolute atomic E-state index is 12.3. The highest BCUT2D eigenvalue weighted by Crippen LogP contribution is 2.32. The molecule has 0 bridgehead atoms. The summed E-state index contributed by atoms with van der Waals surface area (Å²) in [5, 5.41) is 16.8. The van der Waals surface area contributed by atoms with Crippen LogP contribution in [0.4, 0.5) is 17.3 Å². The Kier molecular flexibility index (Phi) is 4.26. The molecule has 1 amide bonds. The van der Waals surface area contributed by atoms with Crippen molar-refractivity contribution in [3.63, 3.8) is 0 Å². The zero-order chi connectivity index (χ0) is 19.8. The first-order chi connectivity index (χ1) is 13.5. The number of nitrogens with zero attached hydrogens (tertiary/aromatic N) is 4. The third-order valence-corrected chi connectivity index (χ3v) is 4.83. The van der Waals surface area contributed by atoms with Crippen molar-refractivity contribution in [2.45, 2.75) is 20.4 Å². The highest BCUT2D eigenvalue weighted by molar-refractivity contribution is 5.97. The van der Waals surface area contributed by atoms with E-state index in [1.165, 1.54) is 12.1 Å². The lowest BCUT2D eigenvalue weighted by Gasteiger charge is -2.17. The summed E-state index contributed by atoms with van der Waals surface area (Å²) in [6.07, 6.45) is 1.62. The number of anilines is 2. The molecular weight excluding hydrogens is 360 g/mol. The molecule has 1 aliphatic heterocycles. The number of amides is 1. The second kappa shape index (κ2) is 6.76. The van der Waals surface area contributed by atoms with Gasteiger partial charge in [-0.1, -0.05) is 6.07 Å². The number of nitrogens with one attached hydrogen (secondary N) is 2. The molecule has 0 unspecified atom stereocenters. The van der Waals surface area contributed by atoms with E-state index in [0.717, 1.165) is 23.4 Å². The molecule has 0 fully saturated rings. The van der Waals surface area contributed by atoms with Crippen LogP contribution in [0.25, 0.3) is 11.3 Å². The van der Waals surface area contributed by atoms with Gasteiger partial charge in [-0.3, -0.25) is 14.9 Å². The number of carbonyl (C=O) groups excluding carboxylic acids is 1. The second-order valence-corrected chi connectivity index (χ2v) is 6.54. The fourth-order valence-corrected chi connectivity index (χ4v) is 3.59. The van der Waals surface area contributed by atoms with E-state index in [4.69, 9.17) is 0 Å². The lowest BCUT2D eigenvalue weighted by atomic mass is 10.1. The van der Waals surface area contributed by atoms with Crippen LogP contribution in [0.5, 0.6) is 0 Å². The lowest BCUT2D eigenvalue weighted by Crippen LogP contribution is -2.35. The topological polar surface area (TPSA) is 115 Å². The predicted molar refractivity (Wildman–Crippen MR) is 104 cm³/mol. The molecule has 0 atom stereocenters. The molecule has 0 radical (unpaired) electrons. The Hall–Kier alpha value is -3.75. The van der Waals surface area contributed by atoms with Gasteiger partial charge < -0.3 is 15.2 Å². The van der Waals surface area contributed by atoms with Crippen molar-refractivity contribution in [3.05, 3.63) is 63.6 Å². The summed E-state index contributed by atoms with van der Waals surface area (Å²) in [6.45, 7) is 5.20. The Morgan fingerprint density at radius 2 is 2.11 bits per heavy atom. The van der Waals surface area contributed by atoms with E-state index in [1.807, 2.05) is 18.4 Å². The van der Waals surface area contributed by atoms with Gasteiger partial charge in [-0.15, -0.1) is 0 Å². The van der Waals surface area contributed by atoms with Crippen molar-refractivity contribution in [1.82, 2.24) is 19.9 Å². The summed E-state index contributed by atoms with van der Waals surface area (Å²) >= 11 is 0. The van der Waals surface area contributed by atoms with Gasteiger partial charge in [0.25, 0.3) is 11.6 Å². The van der Waals surface area contributed by atoms with Gasteiger partial charge in [0, 0.05) is 48.4 Å². The molecule has 0 aliphatic carbocycles. The number of rotatable bonds is 4. The van der Waals surface area contributed by atoms with Crippen molar-refractivity contribution in [2.24, 2.45) is 0 Å². The van der Waals surface area contributed by atoms with E-state index in [-0.39, 0.29) is 11.6 Å². The number of nitro groups is 1. The van der Waals surface area contributed by atoms with Crippen LogP contribution in [0.15, 0.2) is 36.5 Å². The molecule has 9 nitrogen and oxygen atoms in total. The summed E-state index contributed by atoms with van der Waals surface area (Å²) in [5.74, 6) is 0.243. The third-order valence-electron chi connectivity index (χ3n) is 4.83. The Balaban J connectivity index is 1.72. The normalized spacial score (nSPS) is 13.0. The minimum Gasteiger partial charge on any atom is -0.349 e. The Morgan fingerprint density at radius 3 is 2.86 bits per heavy atom. The summed E-state index contributed by atoms with van der Waals surface area (Å²) < 4.78 is 2.01. The van der Waals surface area contributed by atoms with Gasteiger partial charge in [0.15, 0.2) is 0 Å². The van der Waals surface area contributed by atoms with Crippen LogP contribution in [0, 0.1) is 24.0 Å². The van der Waals surface area contributed by atoms with Crippen LogP contribution < -0.4 is 10.6 Å². The molecule has 142 valence electrons. The number of hydrogen-bond acceptors (Lipinski definition) is 6. The number of carbonyl (C=O) groups is 1. The summed E-state index contributed by atoms with van der Waals surface area (Å²) in [4.78, 5) is 31.5. The van der Waals surface area contributed by atoms with Crippen molar-refractivity contribution in [2.75, 3.05) is 11.9 Å². The molecule has 28 heavy (non-hydrogen) atoms. The third kappa shape index (κ3) is 2.96. The van der Waals surface area contributed by atoms with E-state index < -0.39 is 4.92 Å². The fourth-order valence-electron chi connectivity index (χ4n) is 3.59. The standard InChI is InChI=1S/C19H18N6O3/c1-11-16(12(2)24-9-8-20-18(26)17(11)24)15-6-7-21-19(23-15)22-13-4-3-5-14(10-13)25(27)28/h3-7,10H,8-9H2,1-2H3,(H,20,26)(H,21,22,23). The first kappa shape index (κ1) is 17.7. The zero-order valence-electron chi connectivity index (χ0n) is 15.4.